The molecule has 0 spiro atoms. The summed E-state index contributed by atoms with van der Waals surface area (Å²) in [5.41, 5.74) is 0.129. The maximum absolute atomic E-state index is 13.2. The number of rotatable bonds is 3. The van der Waals surface area contributed by atoms with Gasteiger partial charge in [-0.2, -0.15) is 0 Å². The largest absolute Gasteiger partial charge is 0.309 e. The fourth-order valence-electron chi connectivity index (χ4n) is 1.73. The van der Waals surface area contributed by atoms with E-state index in [4.69, 9.17) is 0 Å². The smallest absolute Gasteiger partial charge is 0.130 e. The Morgan fingerprint density at radius 2 is 1.73 bits per heavy atom. The van der Waals surface area contributed by atoms with Gasteiger partial charge in [0, 0.05) is 18.2 Å². The molecular weight excluding hydrogens is 196 g/mol. The van der Waals surface area contributed by atoms with E-state index in [1.807, 2.05) is 0 Å². The summed E-state index contributed by atoms with van der Waals surface area (Å²) in [6.45, 7) is 0.255. The zero-order chi connectivity index (χ0) is 10.7. The van der Waals surface area contributed by atoms with Gasteiger partial charge in [-0.3, -0.25) is 0 Å². The van der Waals surface area contributed by atoms with Gasteiger partial charge in [0.1, 0.15) is 11.6 Å². The van der Waals surface area contributed by atoms with Crippen LogP contribution in [0.4, 0.5) is 8.78 Å². The van der Waals surface area contributed by atoms with E-state index in [1.54, 1.807) is 0 Å². The summed E-state index contributed by atoms with van der Waals surface area (Å²) in [7, 11) is 0. The van der Waals surface area contributed by atoms with Gasteiger partial charge >= 0.3 is 0 Å². The molecule has 0 aliphatic heterocycles. The lowest BCUT2D eigenvalue weighted by Crippen LogP contribution is -2.26. The molecule has 2 rings (SSSR count). The Kier molecular flexibility index (Phi) is 3.11. The number of hydrogen-bond donors (Lipinski definition) is 1. The lowest BCUT2D eigenvalue weighted by molar-refractivity contribution is 0.494. The molecule has 15 heavy (non-hydrogen) atoms. The molecule has 1 aromatic rings. The van der Waals surface area contributed by atoms with Crippen molar-refractivity contribution in [2.75, 3.05) is 0 Å². The molecule has 0 saturated heterocycles. The second-order valence-electron chi connectivity index (χ2n) is 3.72. The molecule has 1 aromatic carbocycles. The van der Waals surface area contributed by atoms with E-state index in [9.17, 15) is 8.78 Å². The minimum absolute atomic E-state index is 0.129. The highest BCUT2D eigenvalue weighted by Gasteiger charge is 2.12. The Morgan fingerprint density at radius 1 is 1.13 bits per heavy atom. The van der Waals surface area contributed by atoms with Crippen molar-refractivity contribution in [2.45, 2.75) is 25.4 Å². The lowest BCUT2D eigenvalue weighted by Gasteiger charge is -2.12. The number of halogens is 2. The Morgan fingerprint density at radius 3 is 2.33 bits per heavy atom. The van der Waals surface area contributed by atoms with Gasteiger partial charge in [0.25, 0.3) is 0 Å². The number of benzene rings is 1. The molecule has 0 amide bonds. The van der Waals surface area contributed by atoms with Crippen molar-refractivity contribution < 1.29 is 8.78 Å². The van der Waals surface area contributed by atoms with Crippen LogP contribution in [0.25, 0.3) is 0 Å². The van der Waals surface area contributed by atoms with E-state index >= 15 is 0 Å². The van der Waals surface area contributed by atoms with Crippen LogP contribution in [0.1, 0.15) is 18.4 Å². The highest BCUT2D eigenvalue weighted by molar-refractivity contribution is 5.19. The molecule has 1 N–H and O–H groups in total. The third-order valence-corrected chi connectivity index (χ3v) is 2.64. The average Bonchev–Trinajstić information content (AvgIpc) is 2.70. The molecule has 0 unspecified atom stereocenters. The van der Waals surface area contributed by atoms with Gasteiger partial charge in [-0.25, -0.2) is 8.78 Å². The summed E-state index contributed by atoms with van der Waals surface area (Å²) >= 11 is 0. The molecule has 0 atom stereocenters. The van der Waals surface area contributed by atoms with Crippen LogP contribution in [0.15, 0.2) is 30.4 Å². The van der Waals surface area contributed by atoms with Gasteiger partial charge < -0.3 is 5.32 Å². The molecule has 0 fully saturated rings. The van der Waals surface area contributed by atoms with E-state index in [1.165, 1.54) is 18.2 Å². The van der Waals surface area contributed by atoms with E-state index < -0.39 is 11.6 Å². The SMILES string of the molecule is Fc1cccc(F)c1CNC1CC=CC1. The Balaban J connectivity index is 1.98. The summed E-state index contributed by atoms with van der Waals surface area (Å²) in [6.07, 6.45) is 6.04. The van der Waals surface area contributed by atoms with Crippen LogP contribution in [0.2, 0.25) is 0 Å². The van der Waals surface area contributed by atoms with Crippen LogP contribution >= 0.6 is 0 Å². The minimum Gasteiger partial charge on any atom is -0.309 e. The highest BCUT2D eigenvalue weighted by atomic mass is 19.1. The molecule has 0 radical (unpaired) electrons. The van der Waals surface area contributed by atoms with Crippen LogP contribution < -0.4 is 5.32 Å². The third-order valence-electron chi connectivity index (χ3n) is 2.64. The molecule has 1 aliphatic rings. The van der Waals surface area contributed by atoms with E-state index in [0.717, 1.165) is 12.8 Å². The summed E-state index contributed by atoms with van der Waals surface area (Å²) in [5.74, 6) is -0.957. The first-order valence-corrected chi connectivity index (χ1v) is 5.08. The zero-order valence-corrected chi connectivity index (χ0v) is 8.34. The minimum atomic E-state index is -0.478. The van der Waals surface area contributed by atoms with Crippen LogP contribution in [-0.4, -0.2) is 6.04 Å². The maximum Gasteiger partial charge on any atom is 0.130 e. The normalized spacial score (nSPS) is 16.1. The fourth-order valence-corrected chi connectivity index (χ4v) is 1.73. The maximum atomic E-state index is 13.2. The van der Waals surface area contributed by atoms with Gasteiger partial charge in [-0.1, -0.05) is 18.2 Å². The molecule has 0 aromatic heterocycles. The van der Waals surface area contributed by atoms with Crippen LogP contribution in [0, 0.1) is 11.6 Å². The summed E-state index contributed by atoms with van der Waals surface area (Å²) in [5, 5.41) is 3.14. The van der Waals surface area contributed by atoms with Gasteiger partial charge in [-0.05, 0) is 25.0 Å². The van der Waals surface area contributed by atoms with Crippen molar-refractivity contribution in [3.8, 4) is 0 Å². The molecule has 0 saturated carbocycles. The average molecular weight is 209 g/mol. The van der Waals surface area contributed by atoms with Crippen molar-refractivity contribution in [1.29, 1.82) is 0 Å². The molecule has 1 aliphatic carbocycles. The van der Waals surface area contributed by atoms with Crippen LogP contribution in [0.3, 0.4) is 0 Å². The van der Waals surface area contributed by atoms with Gasteiger partial charge in [0.15, 0.2) is 0 Å². The molecule has 80 valence electrons. The molecule has 0 heterocycles. The van der Waals surface area contributed by atoms with Gasteiger partial charge in [0.2, 0.25) is 0 Å². The molecule has 3 heteroatoms. The van der Waals surface area contributed by atoms with Crippen molar-refractivity contribution in [1.82, 2.24) is 5.32 Å². The monoisotopic (exact) mass is 209 g/mol. The predicted octanol–water partition coefficient (Wildman–Crippen LogP) is 2.77. The third kappa shape index (κ3) is 2.42. The summed E-state index contributed by atoms with van der Waals surface area (Å²) in [6, 6.07) is 4.27. The van der Waals surface area contributed by atoms with Crippen molar-refractivity contribution in [2.24, 2.45) is 0 Å². The second-order valence-corrected chi connectivity index (χ2v) is 3.72. The van der Waals surface area contributed by atoms with Crippen molar-refractivity contribution in [3.63, 3.8) is 0 Å². The number of nitrogens with one attached hydrogen (secondary N) is 1. The zero-order valence-electron chi connectivity index (χ0n) is 8.34. The van der Waals surface area contributed by atoms with Crippen molar-refractivity contribution >= 4 is 0 Å². The topological polar surface area (TPSA) is 12.0 Å². The lowest BCUT2D eigenvalue weighted by atomic mass is 10.1. The first-order chi connectivity index (χ1) is 7.27. The number of hydrogen-bond acceptors (Lipinski definition) is 1. The summed E-state index contributed by atoms with van der Waals surface area (Å²) in [4.78, 5) is 0. The van der Waals surface area contributed by atoms with Gasteiger partial charge in [-0.15, -0.1) is 0 Å². The van der Waals surface area contributed by atoms with E-state index in [0.29, 0.717) is 6.04 Å². The predicted molar refractivity (Wildman–Crippen MR) is 55.4 cm³/mol. The van der Waals surface area contributed by atoms with E-state index in [2.05, 4.69) is 17.5 Å². The van der Waals surface area contributed by atoms with Gasteiger partial charge in [0.05, 0.1) is 0 Å². The first-order valence-electron chi connectivity index (χ1n) is 5.08. The first kappa shape index (κ1) is 10.3. The Labute approximate surface area is 87.8 Å². The standard InChI is InChI=1S/C12H13F2N/c13-11-6-3-7-12(14)10(11)8-15-9-4-1-2-5-9/h1-3,6-7,9,15H,4-5,8H2. The fraction of sp³-hybridized carbons (Fsp3) is 0.333. The van der Waals surface area contributed by atoms with E-state index in [-0.39, 0.29) is 12.1 Å². The quantitative estimate of drug-likeness (QED) is 0.755. The molecular formula is C12H13F2N. The second kappa shape index (κ2) is 4.53. The van der Waals surface area contributed by atoms with Crippen LogP contribution in [0.5, 0.6) is 0 Å². The molecule has 1 nitrogen and oxygen atoms in total. The van der Waals surface area contributed by atoms with Crippen LogP contribution in [-0.2, 0) is 6.54 Å². The Bertz CT molecular complexity index is 346. The summed E-state index contributed by atoms with van der Waals surface area (Å²) < 4.78 is 26.5. The van der Waals surface area contributed by atoms with Crippen molar-refractivity contribution in [3.05, 3.63) is 47.5 Å². The Hall–Kier alpha value is -1.22. The molecule has 0 bridgehead atoms. The highest BCUT2D eigenvalue weighted by Crippen LogP contribution is 2.14.